The maximum atomic E-state index is 9.29. The van der Waals surface area contributed by atoms with Crippen LogP contribution in [0.4, 0.5) is 0 Å². The molecule has 0 saturated carbocycles. The third kappa shape index (κ3) is 20.4. The van der Waals surface area contributed by atoms with Crippen molar-refractivity contribution in [1.82, 2.24) is 10.6 Å². The molecule has 0 heterocycles. The molecular weight excluding hydrogens is 356 g/mol. The van der Waals surface area contributed by atoms with Crippen LogP contribution in [0.2, 0.25) is 18.1 Å². The second kappa shape index (κ2) is 18.2. The summed E-state index contributed by atoms with van der Waals surface area (Å²) in [6.45, 7) is 9.48. The lowest BCUT2D eigenvalue weighted by atomic mass is 10.3. The van der Waals surface area contributed by atoms with Crippen molar-refractivity contribution in [3.05, 3.63) is 0 Å². The molecule has 0 aromatic heterocycles. The summed E-state index contributed by atoms with van der Waals surface area (Å²) in [5, 5.41) is 6.63. The zero-order chi connectivity index (χ0) is 18.8. The molecule has 0 spiro atoms. The predicted octanol–water partition coefficient (Wildman–Crippen LogP) is -1.82. The smallest absolute Gasteiger partial charge is 0.323 e. The average molecular weight is 399 g/mol. The van der Waals surface area contributed by atoms with Crippen LogP contribution in [0, 0.1) is 0 Å². The Morgan fingerprint density at radius 3 is 2.00 bits per heavy atom. The minimum atomic E-state index is -1.62. The van der Waals surface area contributed by atoms with Gasteiger partial charge in [-0.05, 0) is 44.1 Å². The first-order valence-corrected chi connectivity index (χ1v) is 16.7. The first kappa shape index (κ1) is 26.6. The van der Waals surface area contributed by atoms with Crippen molar-refractivity contribution in [2.75, 3.05) is 53.5 Å². The van der Waals surface area contributed by atoms with Crippen LogP contribution in [-0.4, -0.2) is 85.2 Å². The van der Waals surface area contributed by atoms with Crippen molar-refractivity contribution in [1.29, 1.82) is 0 Å². The van der Waals surface area contributed by atoms with Gasteiger partial charge in [0.15, 0.2) is 7.83 Å². The van der Waals surface area contributed by atoms with Crippen LogP contribution in [-0.2, 0) is 8.85 Å². The standard InChI is InChI=1S/C10H27N3O2Si.C4H15NOSi2/c1-10(16(14-2)15-3)4-6-12-8-9-13-7-5-11;1-8(6,7)4-2-3-5/h10,12-13,16H,4-9,11H2,1-3H3;6H,2-5H2,1,7H3. The van der Waals surface area contributed by atoms with Crippen LogP contribution in [0.1, 0.15) is 19.8 Å². The molecule has 7 nitrogen and oxygen atoms in total. The molecular formula is C14H42N4O3Si3. The van der Waals surface area contributed by atoms with Crippen molar-refractivity contribution in [3.63, 3.8) is 0 Å². The van der Waals surface area contributed by atoms with E-state index in [9.17, 15) is 4.80 Å². The van der Waals surface area contributed by atoms with Crippen LogP contribution < -0.4 is 22.1 Å². The highest BCUT2D eigenvalue weighted by Crippen LogP contribution is 2.13. The fourth-order valence-corrected chi connectivity index (χ4v) is 5.78. The number of hydrogen-bond acceptors (Lipinski definition) is 7. The van der Waals surface area contributed by atoms with Gasteiger partial charge in [0.2, 0.25) is 0 Å². The van der Waals surface area contributed by atoms with Crippen LogP contribution in [0.25, 0.3) is 0 Å². The van der Waals surface area contributed by atoms with Crippen molar-refractivity contribution in [2.45, 2.75) is 37.9 Å². The minimum Gasteiger partial charge on any atom is -0.436 e. The summed E-state index contributed by atoms with van der Waals surface area (Å²) in [5.74, 6) is 0. The van der Waals surface area contributed by atoms with E-state index in [2.05, 4.69) is 17.6 Å². The van der Waals surface area contributed by atoms with Gasteiger partial charge in [-0.25, -0.2) is 0 Å². The van der Waals surface area contributed by atoms with Crippen molar-refractivity contribution in [3.8, 4) is 0 Å². The normalized spacial score (nSPS) is 15.0. The van der Waals surface area contributed by atoms with Gasteiger partial charge in [-0.15, -0.1) is 0 Å². The van der Waals surface area contributed by atoms with Crippen LogP contribution in [0.5, 0.6) is 0 Å². The Hall–Kier alpha value is 0.371. The largest absolute Gasteiger partial charge is 0.436 e. The van der Waals surface area contributed by atoms with Crippen LogP contribution >= 0.6 is 0 Å². The van der Waals surface area contributed by atoms with E-state index in [4.69, 9.17) is 20.3 Å². The monoisotopic (exact) mass is 398 g/mol. The lowest BCUT2D eigenvalue weighted by Gasteiger charge is -2.18. The van der Waals surface area contributed by atoms with Crippen LogP contribution in [0.3, 0.4) is 0 Å². The molecule has 0 aliphatic rings. The third-order valence-corrected chi connectivity index (χ3v) is 8.77. The number of rotatable bonds is 14. The lowest BCUT2D eigenvalue weighted by Crippen LogP contribution is -2.32. The van der Waals surface area contributed by atoms with E-state index in [1.54, 1.807) is 14.2 Å². The van der Waals surface area contributed by atoms with Gasteiger partial charge in [0.1, 0.15) is 0 Å². The fourth-order valence-electron chi connectivity index (χ4n) is 2.09. The second-order valence-electron chi connectivity index (χ2n) is 6.60. The lowest BCUT2D eigenvalue weighted by molar-refractivity contribution is 0.264. The minimum absolute atomic E-state index is 0.541. The molecule has 0 aliphatic heterocycles. The Morgan fingerprint density at radius 1 is 1.08 bits per heavy atom. The third-order valence-electron chi connectivity index (χ3n) is 3.50. The molecule has 24 heavy (non-hydrogen) atoms. The molecule has 0 aliphatic carbocycles. The van der Waals surface area contributed by atoms with E-state index in [1.165, 1.54) is 0 Å². The summed E-state index contributed by atoms with van der Waals surface area (Å²) in [7, 11) is 1.41. The Bertz CT molecular complexity index is 258. The zero-order valence-corrected chi connectivity index (χ0v) is 20.6. The molecule has 7 N–H and O–H groups in total. The zero-order valence-electron chi connectivity index (χ0n) is 16.4. The molecule has 0 aromatic rings. The maximum Gasteiger partial charge on any atom is 0.323 e. The van der Waals surface area contributed by atoms with E-state index in [0.29, 0.717) is 12.1 Å². The predicted molar refractivity (Wildman–Crippen MR) is 112 cm³/mol. The highest BCUT2D eigenvalue weighted by Gasteiger charge is 2.18. The summed E-state index contributed by atoms with van der Waals surface area (Å²) in [6.07, 6.45) is 2.11. The maximum absolute atomic E-state index is 9.29. The molecule has 0 bridgehead atoms. The van der Waals surface area contributed by atoms with Gasteiger partial charge < -0.3 is 35.7 Å². The second-order valence-corrected chi connectivity index (χ2v) is 20.0. The number of nitrogens with one attached hydrogen (secondary N) is 2. The molecule has 0 saturated heterocycles. The van der Waals surface area contributed by atoms with Gasteiger partial charge >= 0.3 is 9.28 Å². The van der Waals surface area contributed by atoms with Gasteiger partial charge in [0, 0.05) is 50.2 Å². The van der Waals surface area contributed by atoms with Gasteiger partial charge in [0.05, 0.1) is 0 Å². The molecule has 0 aromatic carbocycles. The van der Waals surface area contributed by atoms with Crippen molar-refractivity contribution >= 4 is 26.9 Å². The summed E-state index contributed by atoms with van der Waals surface area (Å²) >= 11 is 0. The summed E-state index contributed by atoms with van der Waals surface area (Å²) in [4.78, 5) is 9.29. The highest BCUT2D eigenvalue weighted by atomic mass is 29.2. The quantitative estimate of drug-likeness (QED) is 0.173. The summed E-state index contributed by atoms with van der Waals surface area (Å²) < 4.78 is 10.7. The molecule has 2 unspecified atom stereocenters. The highest BCUT2D eigenvalue weighted by molar-refractivity contribution is 7.11. The van der Waals surface area contributed by atoms with E-state index in [1.807, 2.05) is 6.55 Å². The first-order chi connectivity index (χ1) is 11.3. The summed E-state index contributed by atoms with van der Waals surface area (Å²) in [5.41, 5.74) is 11.2. The van der Waals surface area contributed by atoms with E-state index in [0.717, 1.165) is 61.4 Å². The Balaban J connectivity index is 0. The van der Waals surface area contributed by atoms with Crippen molar-refractivity contribution in [2.24, 2.45) is 11.5 Å². The molecule has 148 valence electrons. The fraction of sp³-hybridized carbons (Fsp3) is 1.00. The Kier molecular flexibility index (Phi) is 20.1. The molecule has 2 atom stereocenters. The van der Waals surface area contributed by atoms with Crippen LogP contribution in [0.15, 0.2) is 0 Å². The van der Waals surface area contributed by atoms with Gasteiger partial charge in [-0.2, -0.15) is 0 Å². The Morgan fingerprint density at radius 2 is 1.62 bits per heavy atom. The van der Waals surface area contributed by atoms with Gasteiger partial charge in [-0.1, -0.05) is 6.92 Å². The molecule has 0 radical (unpaired) electrons. The van der Waals surface area contributed by atoms with E-state index >= 15 is 0 Å². The SMILES string of the molecule is CO[SiH](OC)C(C)CCNCCNCCN.C[Si](O)([SiH3])CCCN. The Labute approximate surface area is 154 Å². The summed E-state index contributed by atoms with van der Waals surface area (Å²) in [6, 6.07) is 0.996. The molecule has 10 heteroatoms. The topological polar surface area (TPSA) is 115 Å². The molecule has 0 amide bonds. The van der Waals surface area contributed by atoms with Crippen molar-refractivity contribution < 1.29 is 13.6 Å². The molecule has 0 rings (SSSR count). The van der Waals surface area contributed by atoms with Gasteiger partial charge in [0.25, 0.3) is 0 Å². The van der Waals surface area contributed by atoms with E-state index in [-0.39, 0.29) is 0 Å². The van der Waals surface area contributed by atoms with Gasteiger partial charge in [-0.3, -0.25) is 0 Å². The van der Waals surface area contributed by atoms with E-state index < -0.39 is 17.1 Å². The average Bonchev–Trinajstić information content (AvgIpc) is 2.53. The first-order valence-electron chi connectivity index (χ1n) is 8.91. The molecule has 0 fully saturated rings. The number of hydrogen-bond donors (Lipinski definition) is 5. The number of nitrogens with two attached hydrogens (primary N) is 2.